The first-order valence-corrected chi connectivity index (χ1v) is 6.47. The fourth-order valence-electron chi connectivity index (χ4n) is 3.73. The van der Waals surface area contributed by atoms with E-state index in [0.29, 0.717) is 25.0 Å². The molecule has 2 aliphatic carbocycles. The van der Waals surface area contributed by atoms with Crippen molar-refractivity contribution in [2.45, 2.75) is 46.0 Å². The van der Waals surface area contributed by atoms with Gasteiger partial charge in [0.05, 0.1) is 5.41 Å². The van der Waals surface area contributed by atoms with E-state index in [2.05, 4.69) is 6.58 Å². The molecule has 0 aromatic carbocycles. The van der Waals surface area contributed by atoms with Crippen LogP contribution >= 0.6 is 0 Å². The van der Waals surface area contributed by atoms with E-state index in [9.17, 15) is 9.59 Å². The van der Waals surface area contributed by atoms with Gasteiger partial charge in [-0.05, 0) is 43.3 Å². The summed E-state index contributed by atoms with van der Waals surface area (Å²) in [5.74, 6) is 0.772. The summed E-state index contributed by atoms with van der Waals surface area (Å²) in [6.07, 6.45) is 5.47. The van der Waals surface area contributed by atoms with Gasteiger partial charge in [0, 0.05) is 12.8 Å². The van der Waals surface area contributed by atoms with Gasteiger partial charge in [0.25, 0.3) is 0 Å². The predicted octanol–water partition coefficient (Wildman–Crippen LogP) is 3.23. The summed E-state index contributed by atoms with van der Waals surface area (Å²) in [4.78, 5) is 24.2. The maximum absolute atomic E-state index is 12.3. The van der Waals surface area contributed by atoms with Gasteiger partial charge in [-0.3, -0.25) is 9.59 Å². The Balaban J connectivity index is 2.59. The highest BCUT2D eigenvalue weighted by atomic mass is 16.1. The molecule has 0 aliphatic heterocycles. The second-order valence-corrected chi connectivity index (χ2v) is 5.16. The number of ketones is 2. The number of rotatable bonds is 2. The summed E-state index contributed by atoms with van der Waals surface area (Å²) in [6.45, 7) is 7.81. The molecule has 2 aliphatic rings. The van der Waals surface area contributed by atoms with Gasteiger partial charge in [0.15, 0.2) is 5.78 Å². The standard InChI is InChI=1S/C15H20O2/c1-4-11-6-7-14(17)15(11)9-8-13(16)10(3)12(15)5-2/h4,11H,1,5-9H2,2-3H3/t11-,15-/m1/s1. The Labute approximate surface area is 103 Å². The van der Waals surface area contributed by atoms with Crippen molar-refractivity contribution in [1.82, 2.24) is 0 Å². The normalized spacial score (nSPS) is 33.6. The first kappa shape index (κ1) is 12.3. The number of hydrogen-bond acceptors (Lipinski definition) is 2. The minimum Gasteiger partial charge on any atom is -0.299 e. The molecule has 1 fully saturated rings. The summed E-state index contributed by atoms with van der Waals surface area (Å²) in [5, 5.41) is 0. The molecule has 92 valence electrons. The maximum atomic E-state index is 12.3. The van der Waals surface area contributed by atoms with Crippen LogP contribution in [-0.2, 0) is 9.59 Å². The topological polar surface area (TPSA) is 34.1 Å². The van der Waals surface area contributed by atoms with E-state index < -0.39 is 0 Å². The number of carbonyl (C=O) groups excluding carboxylic acids is 2. The van der Waals surface area contributed by atoms with Crippen LogP contribution in [0.3, 0.4) is 0 Å². The van der Waals surface area contributed by atoms with E-state index in [1.54, 1.807) is 0 Å². The van der Waals surface area contributed by atoms with Gasteiger partial charge < -0.3 is 0 Å². The lowest BCUT2D eigenvalue weighted by molar-refractivity contribution is -0.126. The van der Waals surface area contributed by atoms with Gasteiger partial charge in [-0.1, -0.05) is 13.0 Å². The Kier molecular flexibility index (Phi) is 3.07. The molecule has 1 saturated carbocycles. The molecule has 2 nitrogen and oxygen atoms in total. The molecule has 0 radical (unpaired) electrons. The van der Waals surface area contributed by atoms with E-state index >= 15 is 0 Å². The van der Waals surface area contributed by atoms with Crippen molar-refractivity contribution >= 4 is 11.6 Å². The summed E-state index contributed by atoms with van der Waals surface area (Å²) < 4.78 is 0. The smallest absolute Gasteiger partial charge is 0.158 e. The predicted molar refractivity (Wildman–Crippen MR) is 67.6 cm³/mol. The zero-order chi connectivity index (χ0) is 12.6. The lowest BCUT2D eigenvalue weighted by Crippen LogP contribution is -2.38. The van der Waals surface area contributed by atoms with Crippen LogP contribution in [0.4, 0.5) is 0 Å². The molecule has 1 spiro atoms. The van der Waals surface area contributed by atoms with E-state index in [4.69, 9.17) is 0 Å². The molecule has 0 aromatic heterocycles. The highest BCUT2D eigenvalue weighted by molar-refractivity contribution is 6.01. The Morgan fingerprint density at radius 1 is 1.41 bits per heavy atom. The minimum absolute atomic E-state index is 0.218. The molecular formula is C15H20O2. The molecule has 0 bridgehead atoms. The average Bonchev–Trinajstić information content (AvgIpc) is 2.63. The zero-order valence-electron chi connectivity index (χ0n) is 10.7. The fourth-order valence-corrected chi connectivity index (χ4v) is 3.73. The third kappa shape index (κ3) is 1.54. The third-order valence-corrected chi connectivity index (χ3v) is 4.61. The van der Waals surface area contributed by atoms with Crippen molar-refractivity contribution in [2.75, 3.05) is 0 Å². The van der Waals surface area contributed by atoms with Gasteiger partial charge in [-0.2, -0.15) is 0 Å². The minimum atomic E-state index is -0.380. The van der Waals surface area contributed by atoms with Crippen LogP contribution < -0.4 is 0 Å². The number of allylic oxidation sites excluding steroid dienone is 3. The van der Waals surface area contributed by atoms with Crippen LogP contribution in [0, 0.1) is 11.3 Å². The van der Waals surface area contributed by atoms with Gasteiger partial charge in [0.1, 0.15) is 5.78 Å². The van der Waals surface area contributed by atoms with E-state index in [-0.39, 0.29) is 17.1 Å². The van der Waals surface area contributed by atoms with Crippen LogP contribution in [0.25, 0.3) is 0 Å². The Bertz CT molecular complexity index is 417. The second-order valence-electron chi connectivity index (χ2n) is 5.16. The lowest BCUT2D eigenvalue weighted by atomic mass is 9.62. The van der Waals surface area contributed by atoms with E-state index in [1.165, 1.54) is 0 Å². The summed E-state index contributed by atoms with van der Waals surface area (Å²) in [5.41, 5.74) is 1.54. The Morgan fingerprint density at radius 3 is 2.71 bits per heavy atom. The van der Waals surface area contributed by atoms with Gasteiger partial charge in [-0.25, -0.2) is 0 Å². The first-order valence-electron chi connectivity index (χ1n) is 6.47. The molecule has 0 unspecified atom stereocenters. The molecule has 17 heavy (non-hydrogen) atoms. The summed E-state index contributed by atoms with van der Waals surface area (Å²) in [7, 11) is 0. The van der Waals surface area contributed by atoms with Crippen molar-refractivity contribution in [1.29, 1.82) is 0 Å². The molecule has 0 amide bonds. The maximum Gasteiger partial charge on any atom is 0.158 e. The summed E-state index contributed by atoms with van der Waals surface area (Å²) in [6, 6.07) is 0. The van der Waals surface area contributed by atoms with E-state index in [0.717, 1.165) is 24.0 Å². The molecule has 0 saturated heterocycles. The van der Waals surface area contributed by atoms with E-state index in [1.807, 2.05) is 19.9 Å². The van der Waals surface area contributed by atoms with Crippen LogP contribution in [-0.4, -0.2) is 11.6 Å². The van der Waals surface area contributed by atoms with Crippen LogP contribution in [0.5, 0.6) is 0 Å². The molecule has 2 rings (SSSR count). The van der Waals surface area contributed by atoms with Crippen molar-refractivity contribution in [3.8, 4) is 0 Å². The van der Waals surface area contributed by atoms with Crippen molar-refractivity contribution < 1.29 is 9.59 Å². The molecule has 0 aromatic rings. The SMILES string of the molecule is C=C[C@@H]1CCC(=O)[C@]12CCC(=O)C(C)=C2CC. The number of carbonyl (C=O) groups is 2. The van der Waals surface area contributed by atoms with Crippen LogP contribution in [0.1, 0.15) is 46.0 Å². The fraction of sp³-hybridized carbons (Fsp3) is 0.600. The molecule has 2 atom stereocenters. The molecule has 0 heterocycles. The largest absolute Gasteiger partial charge is 0.299 e. The molecular weight excluding hydrogens is 212 g/mol. The quantitative estimate of drug-likeness (QED) is 0.685. The second kappa shape index (κ2) is 4.25. The van der Waals surface area contributed by atoms with Crippen molar-refractivity contribution in [3.63, 3.8) is 0 Å². The van der Waals surface area contributed by atoms with Gasteiger partial charge in [-0.15, -0.1) is 6.58 Å². The molecule has 2 heteroatoms. The van der Waals surface area contributed by atoms with Crippen molar-refractivity contribution in [2.24, 2.45) is 11.3 Å². The average molecular weight is 232 g/mol. The third-order valence-electron chi connectivity index (χ3n) is 4.61. The number of hydrogen-bond donors (Lipinski definition) is 0. The summed E-state index contributed by atoms with van der Waals surface area (Å²) >= 11 is 0. The Morgan fingerprint density at radius 2 is 2.12 bits per heavy atom. The highest BCUT2D eigenvalue weighted by Gasteiger charge is 2.52. The monoisotopic (exact) mass is 232 g/mol. The first-order chi connectivity index (χ1) is 8.07. The van der Waals surface area contributed by atoms with Gasteiger partial charge >= 0.3 is 0 Å². The van der Waals surface area contributed by atoms with Gasteiger partial charge in [0.2, 0.25) is 0 Å². The lowest BCUT2D eigenvalue weighted by Gasteiger charge is -2.39. The van der Waals surface area contributed by atoms with Crippen molar-refractivity contribution in [3.05, 3.63) is 23.8 Å². The molecule has 0 N–H and O–H groups in total. The van der Waals surface area contributed by atoms with Crippen LogP contribution in [0.2, 0.25) is 0 Å². The van der Waals surface area contributed by atoms with Crippen LogP contribution in [0.15, 0.2) is 23.8 Å². The number of Topliss-reactive ketones (excluding diaryl/α,β-unsaturated/α-hetero) is 2. The zero-order valence-corrected chi connectivity index (χ0v) is 10.7. The highest BCUT2D eigenvalue weighted by Crippen LogP contribution is 2.54. The Hall–Kier alpha value is -1.18.